The van der Waals surface area contributed by atoms with Gasteiger partial charge >= 0.3 is 0 Å². The molecule has 3 aromatic rings. The van der Waals surface area contributed by atoms with E-state index in [1.54, 1.807) is 36.9 Å². The maximum absolute atomic E-state index is 6.61. The van der Waals surface area contributed by atoms with Gasteiger partial charge in [-0.15, -0.1) is 0 Å². The minimum absolute atomic E-state index is 0.320. The summed E-state index contributed by atoms with van der Waals surface area (Å²) in [7, 11) is 0. The summed E-state index contributed by atoms with van der Waals surface area (Å²) in [5, 5.41) is 3.46. The van der Waals surface area contributed by atoms with E-state index in [9.17, 15) is 0 Å². The minimum Gasteiger partial charge on any atom is -0.486 e. The number of halogens is 1. The quantitative estimate of drug-likeness (QED) is 0.641. The summed E-state index contributed by atoms with van der Waals surface area (Å²) in [6.07, 6.45) is 4.89. The van der Waals surface area contributed by atoms with Crippen molar-refractivity contribution in [2.75, 3.05) is 11.1 Å². The third kappa shape index (κ3) is 3.30. The first-order valence-corrected chi connectivity index (χ1v) is 8.62. The number of pyridine rings is 2. The molecule has 0 saturated carbocycles. The number of hydrogen-bond acceptors (Lipinski definition) is 7. The summed E-state index contributed by atoms with van der Waals surface area (Å²) < 4.78 is 5.77. The Bertz CT molecular complexity index is 1010. The molecule has 2 aromatic heterocycles. The summed E-state index contributed by atoms with van der Waals surface area (Å²) >= 11 is 6.43. The first-order chi connectivity index (χ1) is 13.1. The van der Waals surface area contributed by atoms with E-state index in [-0.39, 0.29) is 0 Å². The number of hydrogen-bond donors (Lipinski definition) is 3. The summed E-state index contributed by atoms with van der Waals surface area (Å²) in [6, 6.07) is 12.7. The van der Waals surface area contributed by atoms with Crippen molar-refractivity contribution in [2.24, 2.45) is 10.7 Å². The molecule has 0 bridgehead atoms. The van der Waals surface area contributed by atoms with Crippen molar-refractivity contribution in [1.29, 1.82) is 0 Å². The molecule has 3 heterocycles. The zero-order chi connectivity index (χ0) is 18.9. The van der Waals surface area contributed by atoms with Gasteiger partial charge in [0.25, 0.3) is 0 Å². The molecule has 0 amide bonds. The monoisotopic (exact) mass is 380 g/mol. The Labute approximate surface area is 161 Å². The fourth-order valence-corrected chi connectivity index (χ4v) is 3.13. The van der Waals surface area contributed by atoms with E-state index in [0.29, 0.717) is 28.8 Å². The molecule has 0 spiro atoms. The Morgan fingerprint density at radius 1 is 1.15 bits per heavy atom. The van der Waals surface area contributed by atoms with Crippen molar-refractivity contribution in [3.05, 3.63) is 76.7 Å². The third-order valence-corrected chi connectivity index (χ3v) is 4.59. The molecule has 8 heteroatoms. The van der Waals surface area contributed by atoms with Crippen molar-refractivity contribution in [3.63, 3.8) is 0 Å². The van der Waals surface area contributed by atoms with Crippen LogP contribution in [0.5, 0.6) is 5.75 Å². The van der Waals surface area contributed by atoms with Crippen LogP contribution >= 0.6 is 11.6 Å². The highest BCUT2D eigenvalue weighted by molar-refractivity contribution is 6.32. The summed E-state index contributed by atoms with van der Waals surface area (Å²) in [6.45, 7) is 0.320. The molecule has 0 saturated heterocycles. The number of anilines is 2. The number of benzene rings is 1. The molecule has 1 aromatic carbocycles. The van der Waals surface area contributed by atoms with Gasteiger partial charge in [0, 0.05) is 17.3 Å². The van der Waals surface area contributed by atoms with Gasteiger partial charge in [0.1, 0.15) is 18.2 Å². The van der Waals surface area contributed by atoms with Crippen molar-refractivity contribution in [3.8, 4) is 5.75 Å². The maximum Gasteiger partial charge on any atom is 0.163 e. The number of nitrogens with one attached hydrogen (secondary N) is 1. The van der Waals surface area contributed by atoms with Crippen LogP contribution in [0.2, 0.25) is 5.02 Å². The van der Waals surface area contributed by atoms with Crippen LogP contribution in [-0.2, 0) is 12.3 Å². The second-order valence-corrected chi connectivity index (χ2v) is 6.49. The highest BCUT2D eigenvalue weighted by Crippen LogP contribution is 2.38. The van der Waals surface area contributed by atoms with Gasteiger partial charge in [0.05, 0.1) is 28.9 Å². The molecule has 1 unspecified atom stereocenters. The van der Waals surface area contributed by atoms with Gasteiger partial charge < -0.3 is 15.8 Å². The van der Waals surface area contributed by atoms with Crippen LogP contribution in [0.1, 0.15) is 16.8 Å². The van der Waals surface area contributed by atoms with E-state index in [1.165, 1.54) is 0 Å². The maximum atomic E-state index is 6.61. The van der Waals surface area contributed by atoms with Crippen molar-refractivity contribution < 1.29 is 4.74 Å². The fraction of sp³-hybridized carbons (Fsp3) is 0.105. The first kappa shape index (κ1) is 17.3. The van der Waals surface area contributed by atoms with Crippen molar-refractivity contribution in [1.82, 2.24) is 9.97 Å². The second kappa shape index (κ2) is 6.86. The van der Waals surface area contributed by atoms with E-state index in [1.807, 2.05) is 24.3 Å². The molecule has 0 aliphatic carbocycles. The van der Waals surface area contributed by atoms with Crippen LogP contribution in [0.4, 0.5) is 11.5 Å². The topological polar surface area (TPSA) is 111 Å². The normalized spacial score (nSPS) is 17.9. The number of rotatable bonds is 4. The van der Waals surface area contributed by atoms with E-state index < -0.39 is 5.66 Å². The third-order valence-electron chi connectivity index (χ3n) is 4.30. The molecule has 1 atom stereocenters. The number of aromatic nitrogens is 2. The lowest BCUT2D eigenvalue weighted by Crippen LogP contribution is -2.39. The SMILES string of the molecule is Nc1cc2c(cn1)NC=NC2(N)c1ccc(OCc2ccccn2)c(Cl)c1. The van der Waals surface area contributed by atoms with Crippen LogP contribution in [0.15, 0.2) is 59.9 Å². The minimum atomic E-state index is -1.12. The van der Waals surface area contributed by atoms with E-state index >= 15 is 0 Å². The molecule has 27 heavy (non-hydrogen) atoms. The fourth-order valence-electron chi connectivity index (χ4n) is 2.90. The number of nitrogen functional groups attached to an aromatic ring is 1. The van der Waals surface area contributed by atoms with Crippen LogP contribution in [0, 0.1) is 0 Å². The lowest BCUT2D eigenvalue weighted by Gasteiger charge is -2.31. The Balaban J connectivity index is 1.63. The predicted molar refractivity (Wildman–Crippen MR) is 106 cm³/mol. The summed E-state index contributed by atoms with van der Waals surface area (Å²) in [5.41, 5.74) is 14.3. The highest BCUT2D eigenvalue weighted by atomic mass is 35.5. The lowest BCUT2D eigenvalue weighted by molar-refractivity contribution is 0.301. The van der Waals surface area contributed by atoms with Crippen LogP contribution in [0.25, 0.3) is 0 Å². The van der Waals surface area contributed by atoms with Crippen LogP contribution < -0.4 is 21.5 Å². The standard InChI is InChI=1S/C19H17ClN6O/c20-15-7-12(4-5-17(15)27-10-13-3-1-2-6-23-13)19(22)14-8-18(21)24-9-16(14)25-11-26-19/h1-9,11H,10,22H2,(H2,21,24)(H,25,26). The highest BCUT2D eigenvalue weighted by Gasteiger charge is 2.34. The van der Waals surface area contributed by atoms with E-state index in [0.717, 1.165) is 16.9 Å². The van der Waals surface area contributed by atoms with Crippen molar-refractivity contribution in [2.45, 2.75) is 12.3 Å². The Hall–Kier alpha value is -3.16. The van der Waals surface area contributed by atoms with Crippen LogP contribution in [0.3, 0.4) is 0 Å². The molecule has 1 aliphatic rings. The number of aliphatic imine (C=N–C) groups is 1. The van der Waals surface area contributed by atoms with Gasteiger partial charge in [0.15, 0.2) is 5.66 Å². The van der Waals surface area contributed by atoms with Gasteiger partial charge in [-0.05, 0) is 30.3 Å². The molecule has 0 radical (unpaired) electrons. The zero-order valence-corrected chi connectivity index (χ0v) is 15.0. The average molecular weight is 381 g/mol. The lowest BCUT2D eigenvalue weighted by atomic mass is 9.91. The summed E-state index contributed by atoms with van der Waals surface area (Å²) in [4.78, 5) is 12.7. The molecule has 7 nitrogen and oxygen atoms in total. The number of nitrogens with two attached hydrogens (primary N) is 2. The number of ether oxygens (including phenoxy) is 1. The van der Waals surface area contributed by atoms with Crippen LogP contribution in [-0.4, -0.2) is 16.3 Å². The summed E-state index contributed by atoms with van der Waals surface area (Å²) in [5.74, 6) is 0.908. The average Bonchev–Trinajstić information content (AvgIpc) is 2.68. The smallest absolute Gasteiger partial charge is 0.163 e. The molecule has 5 N–H and O–H groups in total. The molecule has 1 aliphatic heterocycles. The van der Waals surface area contributed by atoms with Gasteiger partial charge in [-0.25, -0.2) is 9.98 Å². The molecular weight excluding hydrogens is 364 g/mol. The molecule has 4 rings (SSSR count). The van der Waals surface area contributed by atoms with Gasteiger partial charge in [0.2, 0.25) is 0 Å². The zero-order valence-electron chi connectivity index (χ0n) is 14.3. The van der Waals surface area contributed by atoms with E-state index in [2.05, 4.69) is 20.3 Å². The second-order valence-electron chi connectivity index (χ2n) is 6.08. The number of nitrogens with zero attached hydrogens (tertiary/aromatic N) is 3. The van der Waals surface area contributed by atoms with Crippen molar-refractivity contribution >= 4 is 29.4 Å². The molecule has 0 fully saturated rings. The molecule has 136 valence electrons. The van der Waals surface area contributed by atoms with Gasteiger partial charge in [-0.2, -0.15) is 0 Å². The number of fused-ring (bicyclic) bond motifs is 1. The van der Waals surface area contributed by atoms with E-state index in [4.69, 9.17) is 27.8 Å². The Kier molecular flexibility index (Phi) is 4.39. The Morgan fingerprint density at radius 3 is 2.81 bits per heavy atom. The Morgan fingerprint density at radius 2 is 2.04 bits per heavy atom. The van der Waals surface area contributed by atoms with Gasteiger partial charge in [-0.1, -0.05) is 23.7 Å². The largest absolute Gasteiger partial charge is 0.486 e. The van der Waals surface area contributed by atoms with Gasteiger partial charge in [-0.3, -0.25) is 10.7 Å². The molecular formula is C19H17ClN6O. The first-order valence-electron chi connectivity index (χ1n) is 8.24. The predicted octanol–water partition coefficient (Wildman–Crippen LogP) is 2.90.